The third-order valence-corrected chi connectivity index (χ3v) is 24.3. The third-order valence-electron chi connectivity index (χ3n) is 23.8. The molecule has 118 heavy (non-hydrogen) atoms. The van der Waals surface area contributed by atoms with Crippen LogP contribution in [0.4, 0.5) is 0 Å². The summed E-state index contributed by atoms with van der Waals surface area (Å²) in [7, 11) is 0. The highest BCUT2D eigenvalue weighted by Gasteiger charge is 2.22. The molecule has 4 heterocycles. The Morgan fingerprint density at radius 1 is 0.161 bits per heavy atom. The van der Waals surface area contributed by atoms with Crippen LogP contribution in [0, 0.1) is 0 Å². The van der Waals surface area contributed by atoms with Crippen molar-refractivity contribution < 1.29 is 0 Å². The van der Waals surface area contributed by atoms with E-state index in [0.717, 1.165) is 15.8 Å². The number of nitrogens with zero attached hydrogens (tertiary/aromatic N) is 3. The summed E-state index contributed by atoms with van der Waals surface area (Å²) in [5.74, 6) is 0. The van der Waals surface area contributed by atoms with Crippen LogP contribution in [-0.2, 0) is 0 Å². The summed E-state index contributed by atoms with van der Waals surface area (Å²) in [6.07, 6.45) is 0. The molecule has 4 aromatic heterocycles. The van der Waals surface area contributed by atoms with Gasteiger partial charge in [0.2, 0.25) is 0 Å². The standard InChI is InChI=1S/C56H36N2.C30H20N2.C26H17Br.CH4/c1-2-14-38(15-3-1)55-46-19-4-6-21-48(46)56(49-22-7-5-20-47(49)55)39-28-33-42(34-29-39)58-53-25-13-10-18-45(53)50-36-40(30-35-54(50)58)37-26-31-41(32-27-37)57-51-23-11-8-16-43(51)44-17-9-12-24-52(44)57;1-4-10-27-23(7-1)26-19-21(15-18-28(26)31-27)20-13-16-22(17-14-20)32-29-11-5-2-8-24(29)25-9-3-6-12-30(25)32;27-20-16-14-19(15-17-20)26-23-12-6-4-10-21(23)25(18-8-2-1-3-9-18)22-11-5-7-13-24(22)26;/h1-36H;1-19,31H;1-17H;1H4. The predicted molar refractivity (Wildman–Crippen MR) is 509 cm³/mol. The molecule has 0 aliphatic carbocycles. The number of aromatic amines is 1. The SMILES string of the molecule is Brc1ccc(-c2c3ccccc3c(-c3ccccc3)c3ccccc23)cc1.C.c1ccc(-c2c3ccccc3c(-c3ccc(-n4c5ccccc5c5cc(-c6ccc(-n7c8ccccc8c8ccccc87)cc6)ccc54)cc3)c3ccccc23)cc1.c1ccc2c(c1)[nH]c1ccc(-c3ccc(-n4c5ccccc5c5ccccc54)cc3)cc12. The molecular weight excluding hydrogens is 1490 g/mol. The molecule has 0 aliphatic rings. The van der Waals surface area contributed by atoms with Crippen molar-refractivity contribution in [1.29, 1.82) is 0 Å². The molecule has 0 spiro atoms. The predicted octanol–water partition coefficient (Wildman–Crippen LogP) is 32.0. The van der Waals surface area contributed by atoms with Gasteiger partial charge in [0, 0.05) is 75.7 Å². The van der Waals surface area contributed by atoms with Crippen LogP contribution < -0.4 is 0 Å². The maximum atomic E-state index is 3.56. The highest BCUT2D eigenvalue weighted by Crippen LogP contribution is 2.47. The molecule has 0 atom stereocenters. The second-order valence-electron chi connectivity index (χ2n) is 30.3. The lowest BCUT2D eigenvalue weighted by atomic mass is 9.86. The van der Waals surface area contributed by atoms with Crippen molar-refractivity contribution in [3.8, 4) is 83.8 Å². The van der Waals surface area contributed by atoms with E-state index in [-0.39, 0.29) is 7.43 Å². The maximum Gasteiger partial charge on any atom is 0.0541 e. The molecule has 1 N–H and O–H groups in total. The van der Waals surface area contributed by atoms with Crippen molar-refractivity contribution >= 4 is 146 Å². The van der Waals surface area contributed by atoms with E-state index in [1.54, 1.807) is 0 Å². The van der Waals surface area contributed by atoms with Crippen molar-refractivity contribution in [2.24, 2.45) is 0 Å². The summed E-state index contributed by atoms with van der Waals surface area (Å²) in [5, 5.41) is 20.4. The Labute approximate surface area is 692 Å². The molecule has 4 nitrogen and oxygen atoms in total. The summed E-state index contributed by atoms with van der Waals surface area (Å²) in [4.78, 5) is 3.51. The smallest absolute Gasteiger partial charge is 0.0541 e. The lowest BCUT2D eigenvalue weighted by Crippen LogP contribution is -1.95. The van der Waals surface area contributed by atoms with Crippen molar-refractivity contribution in [3.05, 3.63) is 441 Å². The number of hydrogen-bond donors (Lipinski definition) is 1. The van der Waals surface area contributed by atoms with Gasteiger partial charge in [-0.25, -0.2) is 0 Å². The van der Waals surface area contributed by atoms with Crippen LogP contribution >= 0.6 is 15.9 Å². The molecule has 5 heteroatoms. The third kappa shape index (κ3) is 12.1. The van der Waals surface area contributed by atoms with E-state index in [0.29, 0.717) is 0 Å². The van der Waals surface area contributed by atoms with E-state index in [2.05, 4.69) is 471 Å². The highest BCUT2D eigenvalue weighted by atomic mass is 79.9. The number of halogens is 1. The van der Waals surface area contributed by atoms with Crippen LogP contribution in [0.5, 0.6) is 0 Å². The van der Waals surface area contributed by atoms with Gasteiger partial charge in [-0.2, -0.15) is 0 Å². The lowest BCUT2D eigenvalue weighted by molar-refractivity contribution is 1.18. The fraction of sp³-hybridized carbons (Fsp3) is 0.00885. The average Bonchev–Trinajstić information content (AvgIpc) is 1.39. The molecule has 0 radical (unpaired) electrons. The minimum Gasteiger partial charge on any atom is -0.355 e. The Hall–Kier alpha value is -14.9. The molecular formula is C113H77BrN4. The van der Waals surface area contributed by atoms with Gasteiger partial charge < -0.3 is 18.7 Å². The fourth-order valence-corrected chi connectivity index (χ4v) is 18.8. The van der Waals surface area contributed by atoms with Crippen LogP contribution in [0.3, 0.4) is 0 Å². The van der Waals surface area contributed by atoms with Gasteiger partial charge >= 0.3 is 0 Å². The molecule has 0 aliphatic heterocycles. The number of benzene rings is 20. The summed E-state index contributed by atoms with van der Waals surface area (Å²) >= 11 is 3.56. The van der Waals surface area contributed by atoms with E-state index in [4.69, 9.17) is 0 Å². The quantitative estimate of drug-likeness (QED) is 0.140. The zero-order valence-electron chi connectivity index (χ0n) is 63.8. The van der Waals surface area contributed by atoms with Gasteiger partial charge in [-0.05, 0) is 219 Å². The summed E-state index contributed by atoms with van der Waals surface area (Å²) in [6, 6.07) is 158. The van der Waals surface area contributed by atoms with Gasteiger partial charge in [-0.3, -0.25) is 0 Å². The number of nitrogens with one attached hydrogen (secondary N) is 1. The van der Waals surface area contributed by atoms with Gasteiger partial charge in [-0.1, -0.05) is 351 Å². The van der Waals surface area contributed by atoms with Crippen molar-refractivity contribution in [1.82, 2.24) is 18.7 Å². The van der Waals surface area contributed by atoms with Gasteiger partial charge in [-0.15, -0.1) is 0 Å². The number of H-pyrrole nitrogens is 1. The Morgan fingerprint density at radius 2 is 0.390 bits per heavy atom. The van der Waals surface area contributed by atoms with E-state index < -0.39 is 0 Å². The number of hydrogen-bond acceptors (Lipinski definition) is 0. The second kappa shape index (κ2) is 29.8. The van der Waals surface area contributed by atoms with E-state index in [1.807, 2.05) is 0 Å². The van der Waals surface area contributed by atoms with Gasteiger partial charge in [0.15, 0.2) is 0 Å². The van der Waals surface area contributed by atoms with Gasteiger partial charge in [0.05, 0.1) is 33.1 Å². The molecule has 24 rings (SSSR count). The van der Waals surface area contributed by atoms with Crippen molar-refractivity contribution in [2.75, 3.05) is 0 Å². The van der Waals surface area contributed by atoms with E-state index in [1.165, 1.54) is 203 Å². The Kier molecular flexibility index (Phi) is 17.9. The minimum absolute atomic E-state index is 0. The average molecular weight is 1570 g/mol. The monoisotopic (exact) mass is 1570 g/mol. The molecule has 556 valence electrons. The van der Waals surface area contributed by atoms with Crippen LogP contribution in [0.25, 0.3) is 214 Å². The van der Waals surface area contributed by atoms with Crippen LogP contribution in [-0.4, -0.2) is 18.7 Å². The zero-order valence-corrected chi connectivity index (χ0v) is 65.4. The van der Waals surface area contributed by atoms with E-state index in [9.17, 15) is 0 Å². The van der Waals surface area contributed by atoms with Gasteiger partial charge in [0.25, 0.3) is 0 Å². The Morgan fingerprint density at radius 3 is 0.737 bits per heavy atom. The molecule has 24 aromatic rings. The Bertz CT molecular complexity index is 7740. The molecule has 0 bridgehead atoms. The first-order chi connectivity index (χ1) is 58.0. The molecule has 0 amide bonds. The number of fused-ring (bicyclic) bond motifs is 16. The van der Waals surface area contributed by atoms with Gasteiger partial charge in [0.1, 0.15) is 0 Å². The molecule has 20 aromatic carbocycles. The normalized spacial score (nSPS) is 11.5. The largest absolute Gasteiger partial charge is 0.355 e. The number of rotatable bonds is 9. The van der Waals surface area contributed by atoms with Crippen molar-refractivity contribution in [2.45, 2.75) is 7.43 Å². The first-order valence-electron chi connectivity index (χ1n) is 40.1. The first kappa shape index (κ1) is 70.9. The topological polar surface area (TPSA) is 30.6 Å². The van der Waals surface area contributed by atoms with E-state index >= 15 is 0 Å². The van der Waals surface area contributed by atoms with Crippen LogP contribution in [0.1, 0.15) is 7.43 Å². The molecule has 0 fully saturated rings. The summed E-state index contributed by atoms with van der Waals surface area (Å²) < 4.78 is 8.25. The second-order valence-corrected chi connectivity index (χ2v) is 31.2. The maximum absolute atomic E-state index is 3.56. The molecule has 0 saturated carbocycles. The van der Waals surface area contributed by atoms with Crippen LogP contribution in [0.2, 0.25) is 0 Å². The number of aromatic nitrogens is 4. The summed E-state index contributed by atoms with van der Waals surface area (Å²) in [5.41, 5.74) is 28.1. The van der Waals surface area contributed by atoms with Crippen molar-refractivity contribution in [3.63, 3.8) is 0 Å². The zero-order chi connectivity index (χ0) is 77.4. The first-order valence-corrected chi connectivity index (χ1v) is 40.9. The number of para-hydroxylation sites is 6. The Balaban J connectivity index is 0.000000121. The van der Waals surface area contributed by atoms with Crippen LogP contribution in [0.15, 0.2) is 441 Å². The molecule has 0 saturated heterocycles. The molecule has 0 unspecified atom stereocenters. The minimum atomic E-state index is 0. The summed E-state index contributed by atoms with van der Waals surface area (Å²) in [6.45, 7) is 0. The lowest BCUT2D eigenvalue weighted by Gasteiger charge is -2.18. The fourth-order valence-electron chi connectivity index (χ4n) is 18.6. The highest BCUT2D eigenvalue weighted by molar-refractivity contribution is 9.10.